The smallest absolute Gasteiger partial charge is 0.290 e. The number of nitrogens with zero attached hydrogens (tertiary/aromatic N) is 4. The van der Waals surface area contributed by atoms with E-state index in [1.807, 2.05) is 25.1 Å². The van der Waals surface area contributed by atoms with Gasteiger partial charge in [0.1, 0.15) is 5.82 Å². The van der Waals surface area contributed by atoms with Crippen molar-refractivity contribution in [3.8, 4) is 0 Å². The molecule has 3 aromatic heterocycles. The van der Waals surface area contributed by atoms with Crippen molar-refractivity contribution in [3.05, 3.63) is 64.7 Å². The first kappa shape index (κ1) is 16.3. The average molecular weight is 337 g/mol. The number of H-pyrrole nitrogens is 1. The number of rotatable bonds is 2. The standard InChI is InChI=1S/C16H13N5O.CH2O2/c1-10-19-13-3-2-11(6-14(13)20-10)8-21-9-18-15-7-17-5-4-12(15)16(21)22;2-1-3/h2-7,9H,8H2,1H3,(H,19,20);1H,(H,2,3). The minimum atomic E-state index is -0.250. The minimum absolute atomic E-state index is 0.0618. The molecule has 0 fully saturated rings. The van der Waals surface area contributed by atoms with Gasteiger partial charge in [-0.1, -0.05) is 6.07 Å². The van der Waals surface area contributed by atoms with Gasteiger partial charge in [-0.2, -0.15) is 0 Å². The Labute approximate surface area is 141 Å². The molecule has 0 aliphatic carbocycles. The Balaban J connectivity index is 0.000000569. The van der Waals surface area contributed by atoms with E-state index in [4.69, 9.17) is 9.90 Å². The molecule has 8 nitrogen and oxygen atoms in total. The van der Waals surface area contributed by atoms with Crippen LogP contribution in [0.5, 0.6) is 0 Å². The Morgan fingerprint density at radius 1 is 1.28 bits per heavy atom. The maximum absolute atomic E-state index is 12.5. The van der Waals surface area contributed by atoms with Gasteiger partial charge in [-0.3, -0.25) is 19.1 Å². The predicted octanol–water partition coefficient (Wildman–Crippen LogP) is 1.73. The number of aromatic nitrogens is 5. The van der Waals surface area contributed by atoms with Gasteiger partial charge in [-0.15, -0.1) is 0 Å². The molecule has 0 aliphatic rings. The quantitative estimate of drug-likeness (QED) is 0.538. The minimum Gasteiger partial charge on any atom is -0.483 e. The Bertz CT molecular complexity index is 1100. The second kappa shape index (κ2) is 6.91. The summed E-state index contributed by atoms with van der Waals surface area (Å²) in [6.07, 6.45) is 4.77. The third-order valence-corrected chi connectivity index (χ3v) is 3.65. The van der Waals surface area contributed by atoms with Gasteiger partial charge in [0.2, 0.25) is 0 Å². The summed E-state index contributed by atoms with van der Waals surface area (Å²) in [7, 11) is 0. The van der Waals surface area contributed by atoms with Crippen molar-refractivity contribution >= 4 is 28.4 Å². The van der Waals surface area contributed by atoms with Gasteiger partial charge in [0.15, 0.2) is 0 Å². The van der Waals surface area contributed by atoms with Gasteiger partial charge in [0.05, 0.1) is 41.0 Å². The number of pyridine rings is 1. The number of nitrogens with one attached hydrogen (secondary N) is 1. The van der Waals surface area contributed by atoms with Crippen molar-refractivity contribution in [2.24, 2.45) is 0 Å². The number of carbonyl (C=O) groups is 1. The fraction of sp³-hybridized carbons (Fsp3) is 0.118. The zero-order valence-electron chi connectivity index (χ0n) is 13.4. The molecule has 0 radical (unpaired) electrons. The van der Waals surface area contributed by atoms with E-state index >= 15 is 0 Å². The summed E-state index contributed by atoms with van der Waals surface area (Å²) in [6, 6.07) is 7.64. The first-order chi connectivity index (χ1) is 12.1. The molecular formula is C17H15N5O3. The Hall–Kier alpha value is -3.55. The second-order valence-corrected chi connectivity index (χ2v) is 5.35. The van der Waals surface area contributed by atoms with E-state index in [-0.39, 0.29) is 12.0 Å². The normalized spacial score (nSPS) is 10.4. The summed E-state index contributed by atoms with van der Waals surface area (Å²) in [5.41, 5.74) is 3.47. The molecule has 0 saturated heterocycles. The fourth-order valence-corrected chi connectivity index (χ4v) is 2.60. The molecule has 2 N–H and O–H groups in total. The summed E-state index contributed by atoms with van der Waals surface area (Å²) in [5.74, 6) is 0.879. The first-order valence-corrected chi connectivity index (χ1v) is 7.44. The highest BCUT2D eigenvalue weighted by molar-refractivity contribution is 5.76. The molecule has 0 saturated carbocycles. The van der Waals surface area contributed by atoms with Crippen molar-refractivity contribution in [1.29, 1.82) is 0 Å². The molecule has 1 aromatic carbocycles. The molecule has 25 heavy (non-hydrogen) atoms. The number of benzene rings is 1. The van der Waals surface area contributed by atoms with Crippen LogP contribution in [0.25, 0.3) is 21.9 Å². The lowest BCUT2D eigenvalue weighted by Crippen LogP contribution is -2.21. The second-order valence-electron chi connectivity index (χ2n) is 5.35. The molecule has 0 amide bonds. The van der Waals surface area contributed by atoms with Crippen LogP contribution in [0.15, 0.2) is 47.8 Å². The van der Waals surface area contributed by atoms with E-state index < -0.39 is 0 Å². The number of imidazole rings is 1. The van der Waals surface area contributed by atoms with Crippen molar-refractivity contribution < 1.29 is 9.90 Å². The summed E-state index contributed by atoms with van der Waals surface area (Å²) in [4.78, 5) is 36.7. The lowest BCUT2D eigenvalue weighted by Gasteiger charge is -2.06. The maximum atomic E-state index is 12.5. The van der Waals surface area contributed by atoms with E-state index in [9.17, 15) is 4.79 Å². The topological polar surface area (TPSA) is 114 Å². The SMILES string of the molecule is Cc1nc2ccc(Cn3cnc4cnccc4c3=O)cc2[nH]1.O=CO. The molecule has 0 atom stereocenters. The van der Waals surface area contributed by atoms with Crippen molar-refractivity contribution in [3.63, 3.8) is 0 Å². The highest BCUT2D eigenvalue weighted by atomic mass is 16.3. The summed E-state index contributed by atoms with van der Waals surface area (Å²) < 4.78 is 1.60. The van der Waals surface area contributed by atoms with Gasteiger partial charge in [-0.25, -0.2) is 9.97 Å². The number of hydrogen-bond acceptors (Lipinski definition) is 5. The largest absolute Gasteiger partial charge is 0.483 e. The molecule has 0 unspecified atom stereocenters. The number of fused-ring (bicyclic) bond motifs is 2. The zero-order chi connectivity index (χ0) is 17.8. The number of carboxylic acid groups (broad SMARTS) is 1. The molecule has 8 heteroatoms. The summed E-state index contributed by atoms with van der Waals surface area (Å²) in [6.45, 7) is 2.14. The number of aryl methyl sites for hydroxylation is 1. The van der Waals surface area contributed by atoms with Crippen LogP contribution in [0.2, 0.25) is 0 Å². The van der Waals surface area contributed by atoms with Crippen LogP contribution >= 0.6 is 0 Å². The van der Waals surface area contributed by atoms with Crippen molar-refractivity contribution in [2.75, 3.05) is 0 Å². The van der Waals surface area contributed by atoms with Crippen LogP contribution in [0.4, 0.5) is 0 Å². The van der Waals surface area contributed by atoms with E-state index in [2.05, 4.69) is 19.9 Å². The molecule has 0 aliphatic heterocycles. The fourth-order valence-electron chi connectivity index (χ4n) is 2.60. The third kappa shape index (κ3) is 3.37. The molecule has 0 spiro atoms. The Morgan fingerprint density at radius 3 is 2.88 bits per heavy atom. The van der Waals surface area contributed by atoms with Crippen molar-refractivity contribution in [2.45, 2.75) is 13.5 Å². The number of hydrogen-bond donors (Lipinski definition) is 2. The lowest BCUT2D eigenvalue weighted by molar-refractivity contribution is -0.122. The Morgan fingerprint density at radius 2 is 2.08 bits per heavy atom. The van der Waals surface area contributed by atoms with Crippen LogP contribution in [-0.4, -0.2) is 36.1 Å². The lowest BCUT2D eigenvalue weighted by atomic mass is 10.2. The van der Waals surface area contributed by atoms with Gasteiger partial charge in [0, 0.05) is 6.20 Å². The van der Waals surface area contributed by atoms with Crippen molar-refractivity contribution in [1.82, 2.24) is 24.5 Å². The van der Waals surface area contributed by atoms with Gasteiger partial charge in [0.25, 0.3) is 12.0 Å². The monoisotopic (exact) mass is 337 g/mol. The van der Waals surface area contributed by atoms with Crippen LogP contribution in [-0.2, 0) is 11.3 Å². The Kier molecular flexibility index (Phi) is 4.51. The first-order valence-electron chi connectivity index (χ1n) is 7.44. The molecular weight excluding hydrogens is 322 g/mol. The van der Waals surface area contributed by atoms with Crippen LogP contribution < -0.4 is 5.56 Å². The molecule has 4 aromatic rings. The van der Waals surface area contributed by atoms with E-state index in [1.165, 1.54) is 0 Å². The van der Waals surface area contributed by atoms with Gasteiger partial charge >= 0.3 is 0 Å². The van der Waals surface area contributed by atoms with Crippen LogP contribution in [0.1, 0.15) is 11.4 Å². The highest BCUT2D eigenvalue weighted by Crippen LogP contribution is 2.14. The molecule has 0 bridgehead atoms. The zero-order valence-corrected chi connectivity index (χ0v) is 13.4. The highest BCUT2D eigenvalue weighted by Gasteiger charge is 2.06. The molecule has 4 rings (SSSR count). The van der Waals surface area contributed by atoms with E-state index in [0.29, 0.717) is 17.4 Å². The van der Waals surface area contributed by atoms with Crippen LogP contribution in [0, 0.1) is 6.92 Å². The van der Waals surface area contributed by atoms with Gasteiger partial charge < -0.3 is 10.1 Å². The summed E-state index contributed by atoms with van der Waals surface area (Å²) >= 11 is 0. The van der Waals surface area contributed by atoms with Gasteiger partial charge in [-0.05, 0) is 30.7 Å². The maximum Gasteiger partial charge on any atom is 0.290 e. The molecule has 126 valence electrons. The summed E-state index contributed by atoms with van der Waals surface area (Å²) in [5, 5.41) is 7.47. The van der Waals surface area contributed by atoms with Crippen LogP contribution in [0.3, 0.4) is 0 Å². The van der Waals surface area contributed by atoms with E-state index in [1.54, 1.807) is 29.4 Å². The predicted molar refractivity (Wildman–Crippen MR) is 92.4 cm³/mol. The van der Waals surface area contributed by atoms with E-state index in [0.717, 1.165) is 22.4 Å². The number of aromatic amines is 1. The average Bonchev–Trinajstić information content (AvgIpc) is 2.98. The molecule has 3 heterocycles. The third-order valence-electron chi connectivity index (χ3n) is 3.65.